The summed E-state index contributed by atoms with van der Waals surface area (Å²) in [6.07, 6.45) is 2.43. The minimum atomic E-state index is -0.788. The fourth-order valence-corrected chi connectivity index (χ4v) is 1.34. The molecule has 19 heavy (non-hydrogen) atoms. The predicted molar refractivity (Wildman–Crippen MR) is 64.2 cm³/mol. The van der Waals surface area contributed by atoms with Crippen LogP contribution in [0.5, 0.6) is 0 Å². The van der Waals surface area contributed by atoms with Crippen LogP contribution in [0.3, 0.4) is 0 Å². The second-order valence-corrected chi connectivity index (χ2v) is 3.54. The van der Waals surface area contributed by atoms with Gasteiger partial charge in [0, 0.05) is 11.8 Å². The molecule has 0 saturated heterocycles. The lowest BCUT2D eigenvalue weighted by Crippen LogP contribution is -2.15. The van der Waals surface area contributed by atoms with Crippen LogP contribution in [0.15, 0.2) is 30.6 Å². The third-order valence-corrected chi connectivity index (χ3v) is 2.15. The fraction of sp³-hybridized carbons (Fsp3) is 0. The van der Waals surface area contributed by atoms with Crippen molar-refractivity contribution in [3.63, 3.8) is 0 Å². The molecule has 0 aliphatic carbocycles. The van der Waals surface area contributed by atoms with Crippen molar-refractivity contribution >= 4 is 17.4 Å². The van der Waals surface area contributed by atoms with E-state index in [4.69, 9.17) is 5.84 Å². The van der Waals surface area contributed by atoms with E-state index >= 15 is 0 Å². The highest BCUT2D eigenvalue weighted by molar-refractivity contribution is 6.02. The maximum atomic E-state index is 12.9. The number of halogens is 2. The number of hydrazine groups is 1. The van der Waals surface area contributed by atoms with Crippen molar-refractivity contribution in [2.45, 2.75) is 0 Å². The first-order valence-electron chi connectivity index (χ1n) is 5.14. The van der Waals surface area contributed by atoms with Crippen LogP contribution < -0.4 is 16.6 Å². The molecule has 8 heteroatoms. The number of hydrogen-bond acceptors (Lipinski definition) is 5. The number of nitrogen functional groups attached to an aromatic ring is 1. The van der Waals surface area contributed by atoms with Gasteiger partial charge < -0.3 is 10.7 Å². The zero-order chi connectivity index (χ0) is 13.8. The van der Waals surface area contributed by atoms with Gasteiger partial charge in [0.1, 0.15) is 17.3 Å². The van der Waals surface area contributed by atoms with Gasteiger partial charge in [0.2, 0.25) is 0 Å². The van der Waals surface area contributed by atoms with Gasteiger partial charge in [-0.1, -0.05) is 0 Å². The Hall–Kier alpha value is -2.61. The van der Waals surface area contributed by atoms with Gasteiger partial charge >= 0.3 is 0 Å². The van der Waals surface area contributed by atoms with E-state index in [2.05, 4.69) is 20.7 Å². The highest BCUT2D eigenvalue weighted by Gasteiger charge is 2.09. The quantitative estimate of drug-likeness (QED) is 0.574. The molecule has 0 aliphatic rings. The van der Waals surface area contributed by atoms with Crippen LogP contribution >= 0.6 is 0 Å². The van der Waals surface area contributed by atoms with Crippen LogP contribution in [0, 0.1) is 11.6 Å². The van der Waals surface area contributed by atoms with Crippen molar-refractivity contribution in [2.24, 2.45) is 5.84 Å². The number of nitrogens with two attached hydrogens (primary N) is 1. The fourth-order valence-electron chi connectivity index (χ4n) is 1.34. The topological polar surface area (TPSA) is 92.9 Å². The highest BCUT2D eigenvalue weighted by Crippen LogP contribution is 2.13. The Morgan fingerprint density at radius 1 is 1.11 bits per heavy atom. The van der Waals surface area contributed by atoms with Crippen molar-refractivity contribution in [1.29, 1.82) is 0 Å². The average Bonchev–Trinajstić information content (AvgIpc) is 2.37. The first-order chi connectivity index (χ1) is 9.08. The lowest BCUT2D eigenvalue weighted by molar-refractivity contribution is 0.102. The standard InChI is InChI=1S/C11H9F2N5O/c12-6-1-7(13)3-8(2-6)17-11(19)9-4-16-10(18-14)5-15-9/h1-5H,14H2,(H,16,18)(H,17,19). The molecule has 0 saturated carbocycles. The van der Waals surface area contributed by atoms with Crippen molar-refractivity contribution in [1.82, 2.24) is 9.97 Å². The molecule has 0 bridgehead atoms. The largest absolute Gasteiger partial charge is 0.320 e. The Morgan fingerprint density at radius 3 is 2.32 bits per heavy atom. The van der Waals surface area contributed by atoms with E-state index in [1.165, 1.54) is 12.4 Å². The Morgan fingerprint density at radius 2 is 1.79 bits per heavy atom. The van der Waals surface area contributed by atoms with E-state index in [1.54, 1.807) is 0 Å². The number of amides is 1. The molecule has 0 spiro atoms. The number of rotatable bonds is 3. The molecule has 0 aliphatic heterocycles. The number of hydrogen-bond donors (Lipinski definition) is 3. The summed E-state index contributed by atoms with van der Waals surface area (Å²) in [5.74, 6) is 3.17. The first kappa shape index (κ1) is 12.8. The number of benzene rings is 1. The maximum absolute atomic E-state index is 12.9. The molecule has 0 unspecified atom stereocenters. The third-order valence-electron chi connectivity index (χ3n) is 2.15. The lowest BCUT2D eigenvalue weighted by Gasteiger charge is -2.05. The van der Waals surface area contributed by atoms with Crippen LogP contribution in [0.4, 0.5) is 20.3 Å². The molecule has 4 N–H and O–H groups in total. The second kappa shape index (κ2) is 5.36. The average molecular weight is 265 g/mol. The summed E-state index contributed by atoms with van der Waals surface area (Å²) in [5.41, 5.74) is 2.23. The zero-order valence-corrected chi connectivity index (χ0v) is 9.52. The first-order valence-corrected chi connectivity index (χ1v) is 5.14. The Kier molecular flexibility index (Phi) is 3.62. The van der Waals surface area contributed by atoms with Crippen LogP contribution in [-0.4, -0.2) is 15.9 Å². The van der Waals surface area contributed by atoms with E-state index in [0.717, 1.165) is 12.1 Å². The van der Waals surface area contributed by atoms with Crippen LogP contribution in [0.25, 0.3) is 0 Å². The smallest absolute Gasteiger partial charge is 0.275 e. The number of nitrogens with one attached hydrogen (secondary N) is 2. The SMILES string of the molecule is NNc1cnc(C(=O)Nc2cc(F)cc(F)c2)cn1. The minimum Gasteiger partial charge on any atom is -0.320 e. The van der Waals surface area contributed by atoms with E-state index in [1.807, 2.05) is 0 Å². The minimum absolute atomic E-state index is 0.00896. The van der Waals surface area contributed by atoms with Crippen LogP contribution in [0.2, 0.25) is 0 Å². The summed E-state index contributed by atoms with van der Waals surface area (Å²) in [6, 6.07) is 2.69. The molecule has 2 aromatic rings. The lowest BCUT2D eigenvalue weighted by atomic mass is 10.3. The van der Waals surface area contributed by atoms with Crippen molar-refractivity contribution < 1.29 is 13.6 Å². The van der Waals surface area contributed by atoms with Crippen molar-refractivity contribution in [3.8, 4) is 0 Å². The molecule has 0 fully saturated rings. The molecular weight excluding hydrogens is 256 g/mol. The van der Waals surface area contributed by atoms with Gasteiger partial charge in [-0.25, -0.2) is 24.6 Å². The van der Waals surface area contributed by atoms with E-state index in [9.17, 15) is 13.6 Å². The van der Waals surface area contributed by atoms with Gasteiger partial charge in [0.25, 0.3) is 5.91 Å². The zero-order valence-electron chi connectivity index (χ0n) is 9.52. The number of carbonyl (C=O) groups is 1. The number of aromatic nitrogens is 2. The highest BCUT2D eigenvalue weighted by atomic mass is 19.1. The molecule has 0 radical (unpaired) electrons. The van der Waals surface area contributed by atoms with Crippen molar-refractivity contribution in [2.75, 3.05) is 10.7 Å². The van der Waals surface area contributed by atoms with E-state index < -0.39 is 17.5 Å². The molecule has 1 heterocycles. The number of carbonyl (C=O) groups excluding carboxylic acids is 1. The summed E-state index contributed by atoms with van der Waals surface area (Å²) in [7, 11) is 0. The molecule has 1 aromatic carbocycles. The van der Waals surface area contributed by atoms with Crippen LogP contribution in [0.1, 0.15) is 10.5 Å². The van der Waals surface area contributed by atoms with E-state index in [0.29, 0.717) is 6.07 Å². The summed E-state index contributed by atoms with van der Waals surface area (Å²) in [6.45, 7) is 0. The van der Waals surface area contributed by atoms with Gasteiger partial charge in [0.15, 0.2) is 5.82 Å². The predicted octanol–water partition coefficient (Wildman–Crippen LogP) is 1.29. The molecule has 0 atom stereocenters. The molecule has 2 rings (SSSR count). The van der Waals surface area contributed by atoms with E-state index in [-0.39, 0.29) is 17.2 Å². The molecule has 1 amide bonds. The van der Waals surface area contributed by atoms with Gasteiger partial charge in [-0.05, 0) is 12.1 Å². The van der Waals surface area contributed by atoms with Gasteiger partial charge in [-0.2, -0.15) is 0 Å². The van der Waals surface area contributed by atoms with Crippen LogP contribution in [-0.2, 0) is 0 Å². The molecule has 6 nitrogen and oxygen atoms in total. The Labute approximate surface area is 106 Å². The summed E-state index contributed by atoms with van der Waals surface area (Å²) < 4.78 is 25.9. The Balaban J connectivity index is 2.15. The van der Waals surface area contributed by atoms with Crippen molar-refractivity contribution in [3.05, 3.63) is 47.9 Å². The summed E-state index contributed by atoms with van der Waals surface area (Å²) in [4.78, 5) is 19.3. The van der Waals surface area contributed by atoms with Gasteiger partial charge in [-0.15, -0.1) is 0 Å². The summed E-state index contributed by atoms with van der Waals surface area (Å²) >= 11 is 0. The Bertz CT molecular complexity index is 582. The normalized spacial score (nSPS) is 10.1. The maximum Gasteiger partial charge on any atom is 0.275 e. The van der Waals surface area contributed by atoms with Gasteiger partial charge in [-0.3, -0.25) is 4.79 Å². The second-order valence-electron chi connectivity index (χ2n) is 3.54. The molecule has 1 aromatic heterocycles. The summed E-state index contributed by atoms with van der Waals surface area (Å²) in [5, 5.41) is 2.30. The number of nitrogens with zero attached hydrogens (tertiary/aromatic N) is 2. The van der Waals surface area contributed by atoms with Gasteiger partial charge in [0.05, 0.1) is 12.4 Å². The third kappa shape index (κ3) is 3.19. The number of anilines is 2. The molecule has 98 valence electrons. The molecular formula is C11H9F2N5O. The monoisotopic (exact) mass is 265 g/mol.